The lowest BCUT2D eigenvalue weighted by atomic mass is 10.3. The maximum absolute atomic E-state index is 13.0. The predicted molar refractivity (Wildman–Crippen MR) is 120 cm³/mol. The Hall–Kier alpha value is -3.30. The van der Waals surface area contributed by atoms with Crippen LogP contribution in [0.3, 0.4) is 0 Å². The fourth-order valence-corrected chi connectivity index (χ4v) is 4.02. The first kappa shape index (κ1) is 23.4. The average molecular weight is 479 g/mol. The molecule has 3 aromatic carbocycles. The summed E-state index contributed by atoms with van der Waals surface area (Å²) >= 11 is 6.14. The molecule has 0 fully saturated rings. The molecule has 0 heterocycles. The van der Waals surface area contributed by atoms with Crippen molar-refractivity contribution in [3.8, 4) is 11.5 Å². The number of anilines is 2. The Morgan fingerprint density at radius 3 is 2.25 bits per heavy atom. The molecule has 0 aliphatic carbocycles. The van der Waals surface area contributed by atoms with Gasteiger partial charge in [0, 0.05) is 11.4 Å². The first-order valence-electron chi connectivity index (χ1n) is 9.50. The molecular formula is C22H20ClFN2O5S. The highest BCUT2D eigenvalue weighted by atomic mass is 35.5. The van der Waals surface area contributed by atoms with Gasteiger partial charge >= 0.3 is 0 Å². The Morgan fingerprint density at radius 1 is 0.969 bits per heavy atom. The van der Waals surface area contributed by atoms with Crippen molar-refractivity contribution in [2.75, 3.05) is 23.3 Å². The van der Waals surface area contributed by atoms with Crippen molar-refractivity contribution in [3.63, 3.8) is 0 Å². The largest absolute Gasteiger partial charge is 0.494 e. The van der Waals surface area contributed by atoms with E-state index in [0.717, 1.165) is 12.1 Å². The van der Waals surface area contributed by atoms with Crippen LogP contribution in [0.2, 0.25) is 5.02 Å². The van der Waals surface area contributed by atoms with Gasteiger partial charge in [0.2, 0.25) is 0 Å². The van der Waals surface area contributed by atoms with Crippen LogP contribution in [0.4, 0.5) is 15.8 Å². The molecule has 10 heteroatoms. The smallest absolute Gasteiger partial charge is 0.262 e. The lowest BCUT2D eigenvalue weighted by Gasteiger charge is -2.12. The van der Waals surface area contributed by atoms with Gasteiger partial charge in [-0.2, -0.15) is 0 Å². The summed E-state index contributed by atoms with van der Waals surface area (Å²) in [6.07, 6.45) is 0. The number of rotatable bonds is 9. The third-order valence-electron chi connectivity index (χ3n) is 4.12. The minimum Gasteiger partial charge on any atom is -0.494 e. The number of benzene rings is 3. The fraction of sp³-hybridized carbons (Fsp3) is 0.136. The van der Waals surface area contributed by atoms with Crippen molar-refractivity contribution < 1.29 is 27.1 Å². The second-order valence-corrected chi connectivity index (χ2v) is 8.59. The third kappa shape index (κ3) is 6.35. The van der Waals surface area contributed by atoms with Crippen LogP contribution in [0.25, 0.3) is 0 Å². The van der Waals surface area contributed by atoms with Crippen LogP contribution in [-0.2, 0) is 14.8 Å². The van der Waals surface area contributed by atoms with Gasteiger partial charge in [-0.15, -0.1) is 0 Å². The Kier molecular flexibility index (Phi) is 7.55. The van der Waals surface area contributed by atoms with Crippen molar-refractivity contribution in [2.45, 2.75) is 11.8 Å². The number of carbonyl (C=O) groups excluding carboxylic acids is 1. The van der Waals surface area contributed by atoms with Gasteiger partial charge in [-0.05, 0) is 73.7 Å². The van der Waals surface area contributed by atoms with E-state index in [0.29, 0.717) is 18.0 Å². The molecular weight excluding hydrogens is 459 g/mol. The second-order valence-electron chi connectivity index (χ2n) is 6.50. The Labute approximate surface area is 190 Å². The van der Waals surface area contributed by atoms with Crippen LogP contribution in [-0.4, -0.2) is 27.5 Å². The van der Waals surface area contributed by atoms with Gasteiger partial charge in [0.15, 0.2) is 6.61 Å². The van der Waals surface area contributed by atoms with Gasteiger partial charge in [-0.1, -0.05) is 11.6 Å². The van der Waals surface area contributed by atoms with Gasteiger partial charge in [0.1, 0.15) is 17.3 Å². The molecule has 0 spiro atoms. The van der Waals surface area contributed by atoms with E-state index < -0.39 is 21.7 Å². The molecule has 0 aliphatic heterocycles. The molecule has 0 saturated heterocycles. The summed E-state index contributed by atoms with van der Waals surface area (Å²) < 4.78 is 51.1. The molecule has 0 bridgehead atoms. The van der Waals surface area contributed by atoms with E-state index in [4.69, 9.17) is 21.1 Å². The van der Waals surface area contributed by atoms with E-state index >= 15 is 0 Å². The highest BCUT2D eigenvalue weighted by Gasteiger charge is 2.17. The third-order valence-corrected chi connectivity index (χ3v) is 5.79. The predicted octanol–water partition coefficient (Wildman–Crippen LogP) is 4.70. The van der Waals surface area contributed by atoms with Crippen molar-refractivity contribution in [3.05, 3.63) is 77.6 Å². The molecule has 0 atom stereocenters. The molecule has 3 aromatic rings. The topological polar surface area (TPSA) is 93.7 Å². The summed E-state index contributed by atoms with van der Waals surface area (Å²) in [5.41, 5.74) is 0.773. The molecule has 7 nitrogen and oxygen atoms in total. The van der Waals surface area contributed by atoms with Gasteiger partial charge in [-0.3, -0.25) is 9.52 Å². The molecule has 1 amide bonds. The number of amides is 1. The average Bonchev–Trinajstić information content (AvgIpc) is 2.76. The quantitative estimate of drug-likeness (QED) is 0.465. The van der Waals surface area contributed by atoms with Crippen molar-refractivity contribution in [1.29, 1.82) is 0 Å². The molecule has 2 N–H and O–H groups in total. The van der Waals surface area contributed by atoms with Crippen molar-refractivity contribution in [2.24, 2.45) is 0 Å². The summed E-state index contributed by atoms with van der Waals surface area (Å²) in [7, 11) is -3.95. The van der Waals surface area contributed by atoms with Gasteiger partial charge in [0.25, 0.3) is 15.9 Å². The van der Waals surface area contributed by atoms with E-state index in [9.17, 15) is 17.6 Å². The van der Waals surface area contributed by atoms with E-state index in [-0.39, 0.29) is 28.0 Å². The highest BCUT2D eigenvalue weighted by molar-refractivity contribution is 7.92. The summed E-state index contributed by atoms with van der Waals surface area (Å²) in [4.78, 5) is 12.0. The molecule has 0 saturated carbocycles. The monoisotopic (exact) mass is 478 g/mol. The van der Waals surface area contributed by atoms with Crippen LogP contribution in [0.1, 0.15) is 6.92 Å². The summed E-state index contributed by atoms with van der Waals surface area (Å²) in [5.74, 6) is -0.0595. The van der Waals surface area contributed by atoms with Crippen molar-refractivity contribution in [1.82, 2.24) is 0 Å². The van der Waals surface area contributed by atoms with Crippen LogP contribution >= 0.6 is 11.6 Å². The van der Waals surface area contributed by atoms with Gasteiger partial charge in [-0.25, -0.2) is 12.8 Å². The zero-order chi connectivity index (χ0) is 23.1. The van der Waals surface area contributed by atoms with Crippen LogP contribution in [0.15, 0.2) is 71.6 Å². The Morgan fingerprint density at radius 2 is 1.62 bits per heavy atom. The molecule has 0 aliphatic rings. The van der Waals surface area contributed by atoms with Gasteiger partial charge in [0.05, 0.1) is 16.5 Å². The number of hydrogen-bond donors (Lipinski definition) is 2. The molecule has 3 rings (SSSR count). The lowest BCUT2D eigenvalue weighted by molar-refractivity contribution is -0.118. The lowest BCUT2D eigenvalue weighted by Crippen LogP contribution is -2.20. The first-order valence-corrected chi connectivity index (χ1v) is 11.4. The zero-order valence-electron chi connectivity index (χ0n) is 17.0. The molecule has 0 aromatic heterocycles. The fourth-order valence-electron chi connectivity index (χ4n) is 2.64. The number of sulfonamides is 1. The molecule has 32 heavy (non-hydrogen) atoms. The van der Waals surface area contributed by atoms with E-state index in [2.05, 4.69) is 10.0 Å². The second kappa shape index (κ2) is 10.3. The standard InChI is InChI=1S/C22H20ClFN2O5S/c1-2-30-18-9-7-16(8-10-18)25-22(27)14-31-21-12-11-19(13-20(21)23)32(28,29)26-17-5-3-15(24)4-6-17/h3-13,26H,2,14H2,1H3,(H,25,27). The zero-order valence-corrected chi connectivity index (χ0v) is 18.5. The van der Waals surface area contributed by atoms with Crippen LogP contribution < -0.4 is 19.5 Å². The Bertz CT molecular complexity index is 1190. The number of carbonyl (C=O) groups is 1. The number of ether oxygens (including phenoxy) is 2. The maximum atomic E-state index is 13.0. The summed E-state index contributed by atoms with van der Waals surface area (Å²) in [6.45, 7) is 2.09. The number of halogens is 2. The van der Waals surface area contributed by atoms with Crippen molar-refractivity contribution >= 4 is 38.9 Å². The molecule has 0 unspecified atom stereocenters. The highest BCUT2D eigenvalue weighted by Crippen LogP contribution is 2.28. The van der Waals surface area contributed by atoms with E-state index in [1.54, 1.807) is 24.3 Å². The van der Waals surface area contributed by atoms with Crippen LogP contribution in [0, 0.1) is 5.82 Å². The molecule has 0 radical (unpaired) electrons. The van der Waals surface area contributed by atoms with Crippen LogP contribution in [0.5, 0.6) is 11.5 Å². The Balaban J connectivity index is 1.59. The van der Waals surface area contributed by atoms with E-state index in [1.165, 1.54) is 30.3 Å². The van der Waals surface area contributed by atoms with Gasteiger partial charge < -0.3 is 14.8 Å². The number of hydrogen-bond acceptors (Lipinski definition) is 5. The maximum Gasteiger partial charge on any atom is 0.262 e. The molecule has 168 valence electrons. The SMILES string of the molecule is CCOc1ccc(NC(=O)COc2ccc(S(=O)(=O)Nc3ccc(F)cc3)cc2Cl)cc1. The summed E-state index contributed by atoms with van der Waals surface area (Å²) in [5, 5.41) is 2.69. The number of nitrogens with one attached hydrogen (secondary N) is 2. The normalized spacial score (nSPS) is 11.0. The minimum absolute atomic E-state index is 0.0147. The first-order chi connectivity index (χ1) is 15.3. The minimum atomic E-state index is -3.95. The summed E-state index contributed by atoms with van der Waals surface area (Å²) in [6, 6.07) is 15.6. The van der Waals surface area contributed by atoms with E-state index in [1.807, 2.05) is 6.92 Å².